The maximum absolute atomic E-state index is 13.1. The van der Waals surface area contributed by atoms with E-state index in [4.69, 9.17) is 0 Å². The number of hydrogen-bond acceptors (Lipinski definition) is 6. The fraction of sp³-hybridized carbons (Fsp3) is 0.333. The van der Waals surface area contributed by atoms with Crippen LogP contribution in [-0.4, -0.2) is 54.7 Å². The van der Waals surface area contributed by atoms with Crippen LogP contribution in [0.15, 0.2) is 42.5 Å². The summed E-state index contributed by atoms with van der Waals surface area (Å²) in [7, 11) is 3.93. The summed E-state index contributed by atoms with van der Waals surface area (Å²) in [6.45, 7) is 0. The fourth-order valence-electron chi connectivity index (χ4n) is 5.15. The van der Waals surface area contributed by atoms with Gasteiger partial charge < -0.3 is 10.2 Å². The van der Waals surface area contributed by atoms with E-state index >= 15 is 0 Å². The second-order valence-electron chi connectivity index (χ2n) is 8.52. The Morgan fingerprint density at radius 3 is 2.53 bits per heavy atom. The van der Waals surface area contributed by atoms with E-state index in [0.717, 1.165) is 17.0 Å². The van der Waals surface area contributed by atoms with E-state index in [0.29, 0.717) is 5.56 Å². The number of carbonyl (C=O) groups is 4. The van der Waals surface area contributed by atoms with Crippen molar-refractivity contribution in [3.63, 3.8) is 0 Å². The smallest absolute Gasteiger partial charge is 0.262 e. The first kappa shape index (κ1) is 20.4. The first-order chi connectivity index (χ1) is 15.4. The van der Waals surface area contributed by atoms with E-state index in [1.165, 1.54) is 11.1 Å². The fourth-order valence-corrected chi connectivity index (χ4v) is 5.15. The van der Waals surface area contributed by atoms with Crippen LogP contribution in [0, 0.1) is 0 Å². The second kappa shape index (κ2) is 7.56. The highest BCUT2D eigenvalue weighted by Gasteiger charge is 2.45. The van der Waals surface area contributed by atoms with Crippen LogP contribution >= 0.6 is 0 Å². The number of rotatable bonds is 4. The van der Waals surface area contributed by atoms with Gasteiger partial charge in [0.1, 0.15) is 6.04 Å². The molecule has 3 aliphatic rings. The summed E-state index contributed by atoms with van der Waals surface area (Å²) in [6.07, 6.45) is 1.11. The van der Waals surface area contributed by atoms with Crippen molar-refractivity contribution in [2.45, 2.75) is 37.4 Å². The number of nitrogens with one attached hydrogen (secondary N) is 2. The molecule has 1 aliphatic carbocycles. The van der Waals surface area contributed by atoms with E-state index in [9.17, 15) is 19.2 Å². The van der Waals surface area contributed by atoms with Gasteiger partial charge in [-0.3, -0.25) is 29.4 Å². The molecule has 5 rings (SSSR count). The van der Waals surface area contributed by atoms with E-state index in [1.54, 1.807) is 12.1 Å². The maximum atomic E-state index is 13.1. The van der Waals surface area contributed by atoms with Crippen molar-refractivity contribution in [3.05, 3.63) is 64.7 Å². The highest BCUT2D eigenvalue weighted by Crippen LogP contribution is 2.37. The molecular formula is C24H24N4O4. The van der Waals surface area contributed by atoms with Crippen molar-refractivity contribution in [1.82, 2.24) is 15.5 Å². The predicted molar refractivity (Wildman–Crippen MR) is 117 cm³/mol. The van der Waals surface area contributed by atoms with Crippen LogP contribution in [0.1, 0.15) is 50.7 Å². The zero-order valence-corrected chi connectivity index (χ0v) is 17.9. The number of benzene rings is 2. The summed E-state index contributed by atoms with van der Waals surface area (Å²) in [6, 6.07) is 12.9. The molecule has 3 atom stereocenters. The average Bonchev–Trinajstić information content (AvgIpc) is 3.28. The van der Waals surface area contributed by atoms with Crippen molar-refractivity contribution < 1.29 is 19.2 Å². The first-order valence-electron chi connectivity index (χ1n) is 10.7. The molecular weight excluding hydrogens is 408 g/mol. The van der Waals surface area contributed by atoms with Gasteiger partial charge in [0, 0.05) is 19.2 Å². The lowest BCUT2D eigenvalue weighted by atomic mass is 10.0. The number of nitrogens with zero attached hydrogens (tertiary/aromatic N) is 2. The summed E-state index contributed by atoms with van der Waals surface area (Å²) < 4.78 is 0. The van der Waals surface area contributed by atoms with Gasteiger partial charge in [0.25, 0.3) is 11.8 Å². The minimum atomic E-state index is -0.959. The van der Waals surface area contributed by atoms with Crippen molar-refractivity contribution >= 4 is 29.3 Å². The predicted octanol–water partition coefficient (Wildman–Crippen LogP) is 1.41. The Bertz CT molecular complexity index is 1160. The van der Waals surface area contributed by atoms with Gasteiger partial charge in [-0.2, -0.15) is 0 Å². The largest absolute Gasteiger partial charge is 0.369 e. The SMILES string of the molecule is CN[C@@H]1c2ccccc2C[C@H]1N(C)c1ccc2c(c1)C(=O)N(C1CCC(=O)NC1=O)C2=O. The molecule has 0 aromatic heterocycles. The molecule has 1 fully saturated rings. The maximum Gasteiger partial charge on any atom is 0.262 e. The van der Waals surface area contributed by atoms with Crippen LogP contribution in [0.3, 0.4) is 0 Å². The first-order valence-corrected chi connectivity index (χ1v) is 10.7. The lowest BCUT2D eigenvalue weighted by Crippen LogP contribution is -2.54. The van der Waals surface area contributed by atoms with Gasteiger partial charge >= 0.3 is 0 Å². The standard InChI is InChI=1S/C24H24N4O4/c1-25-21-15-6-4-3-5-13(15)11-19(21)27(2)14-7-8-16-17(12-14)24(32)28(23(16)31)18-9-10-20(29)26-22(18)30/h3-8,12,18-19,21,25H,9-11H2,1-2H3,(H,26,29,30)/t18?,19-,21-/m1/s1. The van der Waals surface area contributed by atoms with Gasteiger partial charge in [-0.15, -0.1) is 0 Å². The number of likely N-dealkylation sites (N-methyl/N-ethyl adjacent to an activating group) is 2. The number of amides is 4. The molecule has 8 heteroatoms. The monoisotopic (exact) mass is 432 g/mol. The molecule has 0 saturated carbocycles. The third-order valence-electron chi connectivity index (χ3n) is 6.84. The third-order valence-corrected chi connectivity index (χ3v) is 6.84. The average molecular weight is 432 g/mol. The Morgan fingerprint density at radius 2 is 1.78 bits per heavy atom. The topological polar surface area (TPSA) is 98.8 Å². The summed E-state index contributed by atoms with van der Waals surface area (Å²) in [5.74, 6) is -1.97. The molecule has 1 unspecified atom stereocenters. The number of carbonyl (C=O) groups excluding carboxylic acids is 4. The van der Waals surface area contributed by atoms with Gasteiger partial charge in [0.15, 0.2) is 0 Å². The van der Waals surface area contributed by atoms with Gasteiger partial charge in [0.2, 0.25) is 11.8 Å². The number of anilines is 1. The molecule has 1 saturated heterocycles. The molecule has 4 amide bonds. The zero-order valence-electron chi connectivity index (χ0n) is 17.9. The van der Waals surface area contributed by atoms with Crippen LogP contribution in [-0.2, 0) is 16.0 Å². The second-order valence-corrected chi connectivity index (χ2v) is 8.52. The Morgan fingerprint density at radius 1 is 1.03 bits per heavy atom. The van der Waals surface area contributed by atoms with E-state index in [1.807, 2.05) is 32.3 Å². The molecule has 0 bridgehead atoms. The zero-order chi connectivity index (χ0) is 22.6. The molecule has 2 N–H and O–H groups in total. The Hall–Kier alpha value is -3.52. The number of hydrogen-bond donors (Lipinski definition) is 2. The molecule has 32 heavy (non-hydrogen) atoms. The van der Waals surface area contributed by atoms with E-state index < -0.39 is 23.8 Å². The number of fused-ring (bicyclic) bond motifs is 2. The molecule has 2 aliphatic heterocycles. The van der Waals surface area contributed by atoms with E-state index in [-0.39, 0.29) is 36.4 Å². The van der Waals surface area contributed by atoms with Crippen molar-refractivity contribution in [3.8, 4) is 0 Å². The normalized spacial score (nSPS) is 24.4. The van der Waals surface area contributed by atoms with Gasteiger partial charge in [-0.1, -0.05) is 24.3 Å². The molecule has 164 valence electrons. The molecule has 2 aromatic carbocycles. The van der Waals surface area contributed by atoms with Crippen LogP contribution in [0.5, 0.6) is 0 Å². The van der Waals surface area contributed by atoms with Crippen molar-refractivity contribution in [2.75, 3.05) is 19.0 Å². The summed E-state index contributed by atoms with van der Waals surface area (Å²) in [5.41, 5.74) is 3.97. The number of piperidine rings is 1. The van der Waals surface area contributed by atoms with Crippen LogP contribution in [0.25, 0.3) is 0 Å². The minimum Gasteiger partial charge on any atom is -0.369 e. The van der Waals surface area contributed by atoms with Crippen LogP contribution in [0.4, 0.5) is 5.69 Å². The van der Waals surface area contributed by atoms with Gasteiger partial charge in [0.05, 0.1) is 23.2 Å². The molecule has 0 radical (unpaired) electrons. The van der Waals surface area contributed by atoms with Crippen molar-refractivity contribution in [1.29, 1.82) is 0 Å². The molecule has 2 aromatic rings. The highest BCUT2D eigenvalue weighted by atomic mass is 16.2. The molecule has 8 nitrogen and oxygen atoms in total. The van der Waals surface area contributed by atoms with Crippen LogP contribution < -0.4 is 15.5 Å². The van der Waals surface area contributed by atoms with Crippen LogP contribution in [0.2, 0.25) is 0 Å². The van der Waals surface area contributed by atoms with Gasteiger partial charge in [-0.25, -0.2) is 0 Å². The number of imide groups is 2. The summed E-state index contributed by atoms with van der Waals surface area (Å²) in [5, 5.41) is 5.63. The van der Waals surface area contributed by atoms with Gasteiger partial charge in [-0.05, 0) is 49.2 Å². The highest BCUT2D eigenvalue weighted by molar-refractivity contribution is 6.23. The Labute approximate surface area is 185 Å². The summed E-state index contributed by atoms with van der Waals surface area (Å²) >= 11 is 0. The third kappa shape index (κ3) is 3.02. The lowest BCUT2D eigenvalue weighted by Gasteiger charge is -2.32. The van der Waals surface area contributed by atoms with Crippen molar-refractivity contribution in [2.24, 2.45) is 0 Å². The molecule has 0 spiro atoms. The molecule has 2 heterocycles. The van der Waals surface area contributed by atoms with E-state index in [2.05, 4.69) is 27.7 Å². The quantitative estimate of drug-likeness (QED) is 0.709. The lowest BCUT2D eigenvalue weighted by molar-refractivity contribution is -0.136. The Balaban J connectivity index is 1.43. The Kier molecular flexibility index (Phi) is 4.82. The summed E-state index contributed by atoms with van der Waals surface area (Å²) in [4.78, 5) is 52.9. The minimum absolute atomic E-state index is 0.103.